The van der Waals surface area contributed by atoms with Gasteiger partial charge in [0.25, 0.3) is 5.91 Å². The summed E-state index contributed by atoms with van der Waals surface area (Å²) >= 11 is 0. The summed E-state index contributed by atoms with van der Waals surface area (Å²) in [6.45, 7) is 20.4. The van der Waals surface area contributed by atoms with E-state index in [-0.39, 0.29) is 38.1 Å². The number of fused-ring (bicyclic) bond motifs is 1. The summed E-state index contributed by atoms with van der Waals surface area (Å²) < 4.78 is 6.00. The molecule has 0 aliphatic carbocycles. The maximum atomic E-state index is 15.3. The zero-order valence-electron chi connectivity index (χ0n) is 49.1. The maximum Gasteiger partial charge on any atom is 0.332 e. The van der Waals surface area contributed by atoms with Crippen LogP contribution >= 0.6 is 0 Å². The fraction of sp³-hybridized carbons (Fsp3) is 0.644. The van der Waals surface area contributed by atoms with Gasteiger partial charge in [0.15, 0.2) is 12.1 Å². The first kappa shape index (κ1) is 64.2. The van der Waals surface area contributed by atoms with Crippen molar-refractivity contribution in [3.05, 3.63) is 71.8 Å². The Kier molecular flexibility index (Phi) is 23.0. The van der Waals surface area contributed by atoms with Crippen LogP contribution in [-0.4, -0.2) is 178 Å². The summed E-state index contributed by atoms with van der Waals surface area (Å²) in [6.07, 6.45) is -0.247. The highest BCUT2D eigenvalue weighted by Crippen LogP contribution is 2.27. The minimum atomic E-state index is -1.97. The smallest absolute Gasteiger partial charge is 0.332 e. The van der Waals surface area contributed by atoms with E-state index in [1.807, 2.05) is 57.2 Å². The molecule has 0 bridgehead atoms. The van der Waals surface area contributed by atoms with Crippen LogP contribution in [-0.2, 0) is 60.7 Å². The van der Waals surface area contributed by atoms with Crippen LogP contribution in [0.5, 0.6) is 0 Å². The van der Waals surface area contributed by atoms with Crippen LogP contribution in [0.1, 0.15) is 120 Å². The Morgan fingerprint density at radius 1 is 0.590 bits per heavy atom. The van der Waals surface area contributed by atoms with Gasteiger partial charge in [0.1, 0.15) is 42.3 Å². The number of carbonyl (C=O) groups is 9. The molecule has 432 valence electrons. The predicted octanol–water partition coefficient (Wildman–Crippen LogP) is 3.98. The molecule has 2 aliphatic rings. The molecule has 0 radical (unpaired) electrons. The number of hydrogen-bond donors (Lipinski definition) is 4. The van der Waals surface area contributed by atoms with Crippen LogP contribution in [0.15, 0.2) is 60.7 Å². The SMILES string of the molecule is CC[C@@H](C)[C@@H]1NC(=O)[C@@H]2CCCN2C(=O)[C@H](Cc2ccccc2)N(C)C(=O)[C@H](Cc2ccccc2)NC(=O)[C@H](C(C)C)N(C)C(=O)C(C(C)C)OC(=O)[C@@H](C(C)(C)O)N(C)C(=O)[C@H](CC(C)C)NC(=O)[C@H](C(C)C)N(C)C1=O. The number of esters is 1. The van der Waals surface area contributed by atoms with E-state index in [0.29, 0.717) is 18.4 Å². The average Bonchev–Trinajstić information content (AvgIpc) is 3.88. The topological polar surface area (TPSA) is 235 Å². The molecule has 2 aliphatic heterocycles. The number of ether oxygens (including phenoxy) is 1. The molecule has 2 aromatic carbocycles. The van der Waals surface area contributed by atoms with Gasteiger partial charge in [-0.05, 0) is 73.8 Å². The van der Waals surface area contributed by atoms with Crippen molar-refractivity contribution in [2.24, 2.45) is 29.6 Å². The van der Waals surface area contributed by atoms with Crippen LogP contribution in [0.2, 0.25) is 0 Å². The van der Waals surface area contributed by atoms with Crippen molar-refractivity contribution in [2.45, 2.75) is 182 Å². The molecule has 19 nitrogen and oxygen atoms in total. The van der Waals surface area contributed by atoms with Gasteiger partial charge in [0.05, 0.1) is 5.60 Å². The van der Waals surface area contributed by atoms with E-state index in [0.717, 1.165) is 10.5 Å². The number of amides is 8. The van der Waals surface area contributed by atoms with E-state index in [1.54, 1.807) is 72.7 Å². The lowest BCUT2D eigenvalue weighted by Crippen LogP contribution is -2.63. The van der Waals surface area contributed by atoms with Gasteiger partial charge in [-0.2, -0.15) is 0 Å². The molecule has 2 fully saturated rings. The zero-order valence-corrected chi connectivity index (χ0v) is 49.1. The van der Waals surface area contributed by atoms with Crippen LogP contribution < -0.4 is 16.0 Å². The van der Waals surface area contributed by atoms with Crippen LogP contribution in [0.4, 0.5) is 0 Å². The van der Waals surface area contributed by atoms with E-state index in [4.69, 9.17) is 4.74 Å². The first-order valence-corrected chi connectivity index (χ1v) is 27.7. The number of nitrogens with zero attached hydrogens (tertiary/aromatic N) is 5. The van der Waals surface area contributed by atoms with Crippen molar-refractivity contribution in [3.63, 3.8) is 0 Å². The van der Waals surface area contributed by atoms with Crippen molar-refractivity contribution in [1.82, 2.24) is 40.4 Å². The molecule has 2 saturated heterocycles. The van der Waals surface area contributed by atoms with E-state index >= 15 is 9.59 Å². The first-order chi connectivity index (χ1) is 36.4. The lowest BCUT2D eigenvalue weighted by molar-refractivity contribution is -0.177. The molecule has 1 unspecified atom stereocenters. The Morgan fingerprint density at radius 2 is 1.08 bits per heavy atom. The second-order valence-electron chi connectivity index (χ2n) is 23.5. The lowest BCUT2D eigenvalue weighted by atomic mass is 9.93. The molecular weight excluding hydrogens is 997 g/mol. The minimum absolute atomic E-state index is 0.00763. The number of rotatable bonds is 12. The van der Waals surface area contributed by atoms with Crippen molar-refractivity contribution >= 4 is 53.2 Å². The average molecular weight is 1090 g/mol. The molecule has 19 heteroatoms. The summed E-state index contributed by atoms with van der Waals surface area (Å²) in [5.41, 5.74) is -0.553. The van der Waals surface area contributed by atoms with Gasteiger partial charge in [0.2, 0.25) is 41.4 Å². The lowest BCUT2D eigenvalue weighted by Gasteiger charge is -2.39. The number of cyclic esters (lactones) is 1. The van der Waals surface area contributed by atoms with E-state index in [2.05, 4.69) is 16.0 Å². The largest absolute Gasteiger partial charge is 0.450 e. The fourth-order valence-corrected chi connectivity index (χ4v) is 10.8. The predicted molar refractivity (Wildman–Crippen MR) is 297 cm³/mol. The van der Waals surface area contributed by atoms with Gasteiger partial charge in [0, 0.05) is 47.6 Å². The second-order valence-corrected chi connectivity index (χ2v) is 23.5. The van der Waals surface area contributed by atoms with E-state index in [1.165, 1.54) is 61.6 Å². The van der Waals surface area contributed by atoms with Crippen LogP contribution in [0, 0.1) is 29.6 Å². The van der Waals surface area contributed by atoms with Crippen molar-refractivity contribution in [2.75, 3.05) is 34.7 Å². The summed E-state index contributed by atoms with van der Waals surface area (Å²) in [4.78, 5) is 140. The number of benzene rings is 2. The molecule has 2 aromatic rings. The van der Waals surface area contributed by atoms with Gasteiger partial charge < -0.3 is 50.3 Å². The minimum Gasteiger partial charge on any atom is -0.450 e. The summed E-state index contributed by atoms with van der Waals surface area (Å²) in [5.74, 6) is -8.74. The number of likely N-dealkylation sites (N-methyl/N-ethyl adjacent to an activating group) is 4. The Morgan fingerprint density at radius 3 is 1.55 bits per heavy atom. The third kappa shape index (κ3) is 15.9. The highest BCUT2D eigenvalue weighted by Gasteiger charge is 2.48. The number of aliphatic hydroxyl groups is 1. The molecule has 4 rings (SSSR count). The molecule has 0 spiro atoms. The van der Waals surface area contributed by atoms with Gasteiger partial charge in [-0.25, -0.2) is 4.79 Å². The monoisotopic (exact) mass is 1090 g/mol. The van der Waals surface area contributed by atoms with Gasteiger partial charge in [-0.15, -0.1) is 0 Å². The molecular formula is C59H90N8O11. The standard InChI is InChI=1S/C59H90N8O11/c1-17-38(10)45-56(74)64(14)46(35(4)5)51(69)60-41(31-34(2)3)54(72)66(16)49(59(11,12)77)58(76)78-48(37(8)9)57(75)65(15)47(36(6)7)52(70)61-42(32-39-25-20-18-21-26-39)53(71)63(13)44(33-40-27-22-19-23-28-40)55(73)67-30-24-29-43(67)50(68)62-45/h18-23,25-28,34-38,41-49,77H,17,24,29-33H2,1-16H3,(H,60,69)(H,61,70)(H,62,68)/t38-,41+,42+,43+,44+,45+,46+,47+,48?,49+/m1/s1. The van der Waals surface area contributed by atoms with E-state index < -0.39 is 137 Å². The molecule has 10 atom stereocenters. The highest BCUT2D eigenvalue weighted by atomic mass is 16.6. The van der Waals surface area contributed by atoms with E-state index in [9.17, 15) is 38.7 Å². The third-order valence-electron chi connectivity index (χ3n) is 15.3. The fourth-order valence-electron chi connectivity index (χ4n) is 10.8. The van der Waals surface area contributed by atoms with Crippen molar-refractivity contribution < 1.29 is 53.0 Å². The Balaban J connectivity index is 1.96. The van der Waals surface area contributed by atoms with Crippen LogP contribution in [0.3, 0.4) is 0 Å². The molecule has 4 N–H and O–H groups in total. The van der Waals surface area contributed by atoms with Gasteiger partial charge in [-0.1, -0.05) is 136 Å². The number of carbonyl (C=O) groups excluding carboxylic acids is 9. The normalized spacial score (nSPS) is 26.3. The molecule has 8 amide bonds. The van der Waals surface area contributed by atoms with Gasteiger partial charge >= 0.3 is 5.97 Å². The first-order valence-electron chi connectivity index (χ1n) is 27.7. The number of nitrogens with one attached hydrogen (secondary N) is 3. The van der Waals surface area contributed by atoms with Gasteiger partial charge in [-0.3, -0.25) is 38.4 Å². The molecule has 0 saturated carbocycles. The maximum absolute atomic E-state index is 15.3. The zero-order chi connectivity index (χ0) is 58.7. The summed E-state index contributed by atoms with van der Waals surface area (Å²) in [5, 5.41) is 20.4. The summed E-state index contributed by atoms with van der Waals surface area (Å²) in [7, 11) is 5.64. The molecule has 0 aromatic heterocycles. The Hall–Kier alpha value is -6.37. The molecule has 78 heavy (non-hydrogen) atoms. The van der Waals surface area contributed by atoms with Crippen LogP contribution in [0.25, 0.3) is 0 Å². The quantitative estimate of drug-likeness (QED) is 0.222. The summed E-state index contributed by atoms with van der Waals surface area (Å²) in [6, 6.07) is 8.08. The Labute approximate surface area is 462 Å². The highest BCUT2D eigenvalue weighted by molar-refractivity contribution is 5.99. The van der Waals surface area contributed by atoms with Crippen molar-refractivity contribution in [3.8, 4) is 0 Å². The number of hydrogen-bond acceptors (Lipinski definition) is 11. The van der Waals surface area contributed by atoms with Crippen molar-refractivity contribution in [1.29, 1.82) is 0 Å². The Bertz CT molecular complexity index is 2410. The second kappa shape index (κ2) is 28.0. The third-order valence-corrected chi connectivity index (χ3v) is 15.3. The molecule has 2 heterocycles.